The van der Waals surface area contributed by atoms with Crippen LogP contribution in [0, 0.1) is 0 Å². The molecule has 1 aromatic rings. The van der Waals surface area contributed by atoms with Crippen LogP contribution < -0.4 is 16.0 Å². The van der Waals surface area contributed by atoms with E-state index in [4.69, 9.17) is 11.6 Å². The Morgan fingerprint density at radius 1 is 1.29 bits per heavy atom. The number of halogens is 2. The Bertz CT molecular complexity index is 549. The van der Waals surface area contributed by atoms with E-state index in [0.29, 0.717) is 25.6 Å². The molecule has 0 bridgehead atoms. The molecule has 1 aliphatic rings. The highest BCUT2D eigenvalue weighted by Crippen LogP contribution is 2.18. The Morgan fingerprint density at radius 2 is 2.04 bits per heavy atom. The molecule has 0 radical (unpaired) electrons. The van der Waals surface area contributed by atoms with E-state index in [1.165, 1.54) is 0 Å². The molecule has 134 valence electrons. The minimum absolute atomic E-state index is 0. The van der Waals surface area contributed by atoms with E-state index in [1.807, 2.05) is 31.2 Å². The molecule has 2 rings (SSSR count). The van der Waals surface area contributed by atoms with E-state index >= 15 is 0 Å². The van der Waals surface area contributed by atoms with Gasteiger partial charge in [-0.1, -0.05) is 29.8 Å². The standard InChI is InChI=1S/C17H25ClN4O.HI/c1-2-19-17(21-12-13-6-3-4-7-15(13)18)20-11-5-8-16(23)22-14-9-10-14;/h3-4,6-7,14H,2,5,8-12H2,1H3,(H,22,23)(H2,19,20,21);1H. The quantitative estimate of drug-likeness (QED) is 0.240. The van der Waals surface area contributed by atoms with Crippen LogP contribution in [0.15, 0.2) is 29.3 Å². The van der Waals surface area contributed by atoms with Crippen molar-refractivity contribution in [3.63, 3.8) is 0 Å². The minimum Gasteiger partial charge on any atom is -0.357 e. The third kappa shape index (κ3) is 8.19. The Labute approximate surface area is 166 Å². The van der Waals surface area contributed by atoms with Gasteiger partial charge in [0.25, 0.3) is 0 Å². The molecule has 0 atom stereocenters. The molecule has 0 spiro atoms. The second-order valence-corrected chi connectivity index (χ2v) is 6.07. The van der Waals surface area contributed by atoms with Crippen molar-refractivity contribution in [1.82, 2.24) is 16.0 Å². The van der Waals surface area contributed by atoms with Gasteiger partial charge in [0, 0.05) is 30.6 Å². The number of aliphatic imine (C=N–C) groups is 1. The van der Waals surface area contributed by atoms with Gasteiger partial charge in [-0.2, -0.15) is 0 Å². The molecule has 0 aromatic heterocycles. The fourth-order valence-electron chi connectivity index (χ4n) is 2.12. The van der Waals surface area contributed by atoms with E-state index in [0.717, 1.165) is 42.4 Å². The molecule has 1 saturated carbocycles. The molecule has 0 saturated heterocycles. The van der Waals surface area contributed by atoms with Crippen LogP contribution in [-0.4, -0.2) is 31.0 Å². The average molecular weight is 465 g/mol. The molecule has 0 heterocycles. The van der Waals surface area contributed by atoms with Gasteiger partial charge in [-0.25, -0.2) is 4.99 Å². The maximum Gasteiger partial charge on any atom is 0.220 e. The Hall–Kier alpha value is -1.02. The van der Waals surface area contributed by atoms with Crippen molar-refractivity contribution in [1.29, 1.82) is 0 Å². The molecule has 0 aliphatic heterocycles. The first-order chi connectivity index (χ1) is 11.2. The summed E-state index contributed by atoms with van der Waals surface area (Å²) in [6, 6.07) is 8.13. The van der Waals surface area contributed by atoms with Crippen LogP contribution in [0.5, 0.6) is 0 Å². The van der Waals surface area contributed by atoms with Crippen LogP contribution in [0.1, 0.15) is 38.2 Å². The normalized spacial score (nSPS) is 13.8. The molecule has 1 fully saturated rings. The van der Waals surface area contributed by atoms with Crippen LogP contribution in [0.3, 0.4) is 0 Å². The SMILES string of the molecule is CCNC(=NCc1ccccc1Cl)NCCCC(=O)NC1CC1.I. The molecular formula is C17H26ClIN4O. The van der Waals surface area contributed by atoms with Crippen molar-refractivity contribution in [3.8, 4) is 0 Å². The number of nitrogens with one attached hydrogen (secondary N) is 3. The van der Waals surface area contributed by atoms with Crippen molar-refractivity contribution in [3.05, 3.63) is 34.9 Å². The Kier molecular flexibility index (Phi) is 10.1. The number of benzene rings is 1. The summed E-state index contributed by atoms with van der Waals surface area (Å²) in [6.45, 7) is 4.05. The zero-order valence-corrected chi connectivity index (χ0v) is 17.1. The summed E-state index contributed by atoms with van der Waals surface area (Å²) in [5.74, 6) is 0.891. The molecule has 0 unspecified atom stereocenters. The molecular weight excluding hydrogens is 439 g/mol. The molecule has 1 aliphatic carbocycles. The molecule has 5 nitrogen and oxygen atoms in total. The highest BCUT2D eigenvalue weighted by Gasteiger charge is 2.22. The molecule has 3 N–H and O–H groups in total. The van der Waals surface area contributed by atoms with Gasteiger partial charge < -0.3 is 16.0 Å². The van der Waals surface area contributed by atoms with Gasteiger partial charge in [0.2, 0.25) is 5.91 Å². The number of hydrogen-bond donors (Lipinski definition) is 3. The lowest BCUT2D eigenvalue weighted by molar-refractivity contribution is -0.121. The molecule has 24 heavy (non-hydrogen) atoms. The summed E-state index contributed by atoms with van der Waals surface area (Å²) in [5.41, 5.74) is 0.996. The van der Waals surface area contributed by atoms with E-state index in [-0.39, 0.29) is 29.9 Å². The van der Waals surface area contributed by atoms with Gasteiger partial charge in [-0.15, -0.1) is 24.0 Å². The summed E-state index contributed by atoms with van der Waals surface area (Å²) in [5, 5.41) is 10.2. The molecule has 1 aromatic carbocycles. The predicted molar refractivity (Wildman–Crippen MR) is 110 cm³/mol. The smallest absolute Gasteiger partial charge is 0.220 e. The maximum atomic E-state index is 11.6. The first-order valence-corrected chi connectivity index (χ1v) is 8.61. The van der Waals surface area contributed by atoms with Gasteiger partial charge >= 0.3 is 0 Å². The number of rotatable bonds is 8. The van der Waals surface area contributed by atoms with Gasteiger partial charge in [0.15, 0.2) is 5.96 Å². The van der Waals surface area contributed by atoms with Gasteiger partial charge in [-0.3, -0.25) is 4.79 Å². The average Bonchev–Trinajstić information content (AvgIpc) is 3.34. The lowest BCUT2D eigenvalue weighted by Crippen LogP contribution is -2.38. The first kappa shape index (κ1) is 21.0. The van der Waals surface area contributed by atoms with Crippen LogP contribution >= 0.6 is 35.6 Å². The molecule has 7 heteroatoms. The van der Waals surface area contributed by atoms with Crippen molar-refractivity contribution in [2.24, 2.45) is 4.99 Å². The number of amides is 1. The topological polar surface area (TPSA) is 65.5 Å². The monoisotopic (exact) mass is 464 g/mol. The first-order valence-electron chi connectivity index (χ1n) is 8.24. The highest BCUT2D eigenvalue weighted by molar-refractivity contribution is 14.0. The fraction of sp³-hybridized carbons (Fsp3) is 0.529. The summed E-state index contributed by atoms with van der Waals surface area (Å²) < 4.78 is 0. The van der Waals surface area contributed by atoms with Crippen LogP contribution in [0.25, 0.3) is 0 Å². The Morgan fingerprint density at radius 3 is 2.71 bits per heavy atom. The van der Waals surface area contributed by atoms with Gasteiger partial charge in [-0.05, 0) is 37.8 Å². The summed E-state index contributed by atoms with van der Waals surface area (Å²) in [7, 11) is 0. The second kappa shape index (κ2) is 11.5. The summed E-state index contributed by atoms with van der Waals surface area (Å²) in [4.78, 5) is 16.1. The fourth-order valence-corrected chi connectivity index (χ4v) is 2.31. The third-order valence-corrected chi connectivity index (χ3v) is 3.89. The van der Waals surface area contributed by atoms with E-state index < -0.39 is 0 Å². The van der Waals surface area contributed by atoms with E-state index in [1.54, 1.807) is 0 Å². The van der Waals surface area contributed by atoms with E-state index in [9.17, 15) is 4.79 Å². The number of nitrogens with zero attached hydrogens (tertiary/aromatic N) is 1. The number of carbonyl (C=O) groups excluding carboxylic acids is 1. The number of hydrogen-bond acceptors (Lipinski definition) is 2. The zero-order chi connectivity index (χ0) is 16.5. The number of guanidine groups is 1. The van der Waals surface area contributed by atoms with Crippen molar-refractivity contribution >= 4 is 47.4 Å². The van der Waals surface area contributed by atoms with Crippen molar-refractivity contribution in [2.75, 3.05) is 13.1 Å². The van der Waals surface area contributed by atoms with Crippen LogP contribution in [-0.2, 0) is 11.3 Å². The number of carbonyl (C=O) groups is 1. The van der Waals surface area contributed by atoms with E-state index in [2.05, 4.69) is 20.9 Å². The highest BCUT2D eigenvalue weighted by atomic mass is 127. The van der Waals surface area contributed by atoms with Crippen molar-refractivity contribution in [2.45, 2.75) is 45.2 Å². The lowest BCUT2D eigenvalue weighted by atomic mass is 10.2. The van der Waals surface area contributed by atoms with Gasteiger partial charge in [0.1, 0.15) is 0 Å². The van der Waals surface area contributed by atoms with Crippen molar-refractivity contribution < 1.29 is 4.79 Å². The predicted octanol–water partition coefficient (Wildman–Crippen LogP) is 3.07. The minimum atomic E-state index is 0. The largest absolute Gasteiger partial charge is 0.357 e. The van der Waals surface area contributed by atoms with Gasteiger partial charge in [0.05, 0.1) is 6.54 Å². The maximum absolute atomic E-state index is 11.6. The molecule has 1 amide bonds. The Balaban J connectivity index is 0.00000288. The summed E-state index contributed by atoms with van der Waals surface area (Å²) in [6.07, 6.45) is 3.59. The second-order valence-electron chi connectivity index (χ2n) is 5.66. The van der Waals surface area contributed by atoms with Crippen LogP contribution in [0.2, 0.25) is 5.02 Å². The zero-order valence-electron chi connectivity index (χ0n) is 14.0. The lowest BCUT2D eigenvalue weighted by Gasteiger charge is -2.11. The third-order valence-electron chi connectivity index (χ3n) is 3.53. The van der Waals surface area contributed by atoms with Crippen LogP contribution in [0.4, 0.5) is 0 Å². The summed E-state index contributed by atoms with van der Waals surface area (Å²) >= 11 is 6.14.